The van der Waals surface area contributed by atoms with Crippen LogP contribution in [0.4, 0.5) is 5.69 Å². The van der Waals surface area contributed by atoms with Crippen LogP contribution in [0.15, 0.2) is 89.4 Å². The average molecular weight is 415 g/mol. The van der Waals surface area contributed by atoms with Crippen molar-refractivity contribution in [1.29, 1.82) is 0 Å². The number of aliphatic hydroxyl groups is 1. The number of anilines is 1. The van der Waals surface area contributed by atoms with E-state index in [9.17, 15) is 9.90 Å². The van der Waals surface area contributed by atoms with Crippen LogP contribution in [-0.2, 0) is 0 Å². The highest BCUT2D eigenvalue weighted by Gasteiger charge is 2.17. The minimum Gasteiger partial charge on any atom is -0.506 e. The Bertz CT molecular complexity index is 1120. The number of nitrogens with one attached hydrogen (secondary N) is 1. The van der Waals surface area contributed by atoms with E-state index < -0.39 is 0 Å². The van der Waals surface area contributed by atoms with Gasteiger partial charge in [-0.2, -0.15) is 0 Å². The fourth-order valence-electron chi connectivity index (χ4n) is 2.95. The van der Waals surface area contributed by atoms with Crippen molar-refractivity contribution < 1.29 is 9.90 Å². The molecule has 0 saturated carbocycles. The number of carbonyl (C=O) groups excluding carboxylic acids is 1. The first-order valence-corrected chi connectivity index (χ1v) is 9.87. The lowest BCUT2D eigenvalue weighted by Crippen LogP contribution is -2.12. The van der Waals surface area contributed by atoms with Crippen molar-refractivity contribution in [3.8, 4) is 0 Å². The largest absolute Gasteiger partial charge is 0.506 e. The number of thiocarbonyl (C=S) groups is 1. The summed E-state index contributed by atoms with van der Waals surface area (Å²) in [5.74, 6) is -0.488. The van der Waals surface area contributed by atoms with Crippen molar-refractivity contribution in [2.75, 3.05) is 5.32 Å². The number of hydrogen-bond acceptors (Lipinski definition) is 3. The normalized spacial score (nSPS) is 11.8. The Morgan fingerprint density at radius 2 is 1.53 bits per heavy atom. The van der Waals surface area contributed by atoms with Gasteiger partial charge in [0.25, 0.3) is 0 Å². The number of benzene rings is 3. The molecule has 0 radical (unpaired) electrons. The van der Waals surface area contributed by atoms with Crippen molar-refractivity contribution in [2.45, 2.75) is 13.8 Å². The molecule has 150 valence electrons. The zero-order chi connectivity index (χ0) is 21.5. The van der Waals surface area contributed by atoms with Gasteiger partial charge in [0.1, 0.15) is 5.76 Å². The summed E-state index contributed by atoms with van der Waals surface area (Å²) in [4.78, 5) is 17.3. The van der Waals surface area contributed by atoms with Crippen LogP contribution in [0.1, 0.15) is 27.0 Å². The summed E-state index contributed by atoms with van der Waals surface area (Å²) in [7, 11) is 0. The smallest absolute Gasteiger partial charge is 0.198 e. The van der Waals surface area contributed by atoms with Gasteiger partial charge in [-0.15, -0.1) is 0 Å². The van der Waals surface area contributed by atoms with Crippen LogP contribution < -0.4 is 5.32 Å². The molecular weight excluding hydrogens is 392 g/mol. The second-order valence-electron chi connectivity index (χ2n) is 6.83. The van der Waals surface area contributed by atoms with Gasteiger partial charge < -0.3 is 10.4 Å². The number of aryl methyl sites for hydroxylation is 2. The molecule has 0 aliphatic carbocycles. The molecule has 4 nitrogen and oxygen atoms in total. The molecule has 0 unspecified atom stereocenters. The molecule has 0 saturated heterocycles. The monoisotopic (exact) mass is 414 g/mol. The summed E-state index contributed by atoms with van der Waals surface area (Å²) in [6, 6.07) is 23.6. The minimum absolute atomic E-state index is 0.0668. The lowest BCUT2D eigenvalue weighted by atomic mass is 10.0. The van der Waals surface area contributed by atoms with Gasteiger partial charge in [0.15, 0.2) is 10.9 Å². The van der Waals surface area contributed by atoms with E-state index in [4.69, 9.17) is 12.2 Å². The van der Waals surface area contributed by atoms with Gasteiger partial charge in [0.2, 0.25) is 0 Å². The number of hydrogen-bond donors (Lipinski definition) is 2. The van der Waals surface area contributed by atoms with E-state index in [-0.39, 0.29) is 22.2 Å². The maximum absolute atomic E-state index is 13.0. The van der Waals surface area contributed by atoms with E-state index in [1.165, 1.54) is 6.21 Å². The van der Waals surface area contributed by atoms with E-state index >= 15 is 0 Å². The molecule has 0 heterocycles. The number of Topliss-reactive ketones (excluding diaryl/α,β-unsaturated/α-hetero) is 1. The molecule has 0 fully saturated rings. The molecule has 0 bridgehead atoms. The predicted octanol–water partition coefficient (Wildman–Crippen LogP) is 5.92. The average Bonchev–Trinajstić information content (AvgIpc) is 2.76. The molecule has 3 aromatic carbocycles. The van der Waals surface area contributed by atoms with Crippen LogP contribution in [0.5, 0.6) is 0 Å². The van der Waals surface area contributed by atoms with Crippen LogP contribution in [0.2, 0.25) is 0 Å². The number of aliphatic imine (C=N–C) groups is 1. The topological polar surface area (TPSA) is 61.7 Å². The molecule has 30 heavy (non-hydrogen) atoms. The van der Waals surface area contributed by atoms with Gasteiger partial charge in [-0.25, -0.2) is 4.99 Å². The number of rotatable bonds is 5. The lowest BCUT2D eigenvalue weighted by molar-refractivity contribution is 0.104. The number of ketones is 1. The standard InChI is InChI=1S/C25H22N2O2S/c1-17-13-14-22(18(2)15-17)27-25(30)26-16-21(23(28)19-9-5-3-6-10-19)24(29)20-11-7-4-8-12-20/h3-16,28H,1-2H3,(H,27,30)/b23-21-,26-16+. The summed E-state index contributed by atoms with van der Waals surface area (Å²) in [6.45, 7) is 4.00. The van der Waals surface area contributed by atoms with Crippen molar-refractivity contribution in [3.63, 3.8) is 0 Å². The van der Waals surface area contributed by atoms with Crippen molar-refractivity contribution in [3.05, 3.63) is 107 Å². The Labute approximate surface area is 181 Å². The Balaban J connectivity index is 1.92. The van der Waals surface area contributed by atoms with Crippen LogP contribution in [0.3, 0.4) is 0 Å². The van der Waals surface area contributed by atoms with Gasteiger partial charge in [0, 0.05) is 23.0 Å². The van der Waals surface area contributed by atoms with E-state index in [1.807, 2.05) is 44.2 Å². The third-order valence-electron chi connectivity index (χ3n) is 4.52. The zero-order valence-electron chi connectivity index (χ0n) is 16.8. The lowest BCUT2D eigenvalue weighted by Gasteiger charge is -2.09. The number of allylic oxidation sites excluding steroid dienone is 1. The van der Waals surface area contributed by atoms with Crippen LogP contribution in [0, 0.1) is 13.8 Å². The molecule has 0 atom stereocenters. The van der Waals surface area contributed by atoms with Crippen molar-refractivity contribution >= 4 is 40.8 Å². The maximum Gasteiger partial charge on any atom is 0.198 e. The van der Waals surface area contributed by atoms with Gasteiger partial charge in [-0.05, 0) is 37.7 Å². The summed E-state index contributed by atoms with van der Waals surface area (Å²) in [5, 5.41) is 14.1. The Hall–Kier alpha value is -3.57. The molecule has 3 rings (SSSR count). The van der Waals surface area contributed by atoms with E-state index in [1.54, 1.807) is 48.5 Å². The van der Waals surface area contributed by atoms with E-state index in [0.29, 0.717) is 11.1 Å². The Morgan fingerprint density at radius 3 is 2.13 bits per heavy atom. The number of nitrogens with zero attached hydrogens (tertiary/aromatic N) is 1. The molecule has 0 spiro atoms. The first kappa shape index (κ1) is 21.1. The van der Waals surface area contributed by atoms with Gasteiger partial charge in [-0.1, -0.05) is 78.4 Å². The van der Waals surface area contributed by atoms with E-state index in [0.717, 1.165) is 16.8 Å². The van der Waals surface area contributed by atoms with Gasteiger partial charge in [0.05, 0.1) is 5.57 Å². The molecule has 0 aliphatic rings. The highest BCUT2D eigenvalue weighted by molar-refractivity contribution is 7.80. The second-order valence-corrected chi connectivity index (χ2v) is 7.22. The first-order chi connectivity index (χ1) is 14.5. The summed E-state index contributed by atoms with van der Waals surface area (Å²) in [5.41, 5.74) is 4.08. The Kier molecular flexibility index (Phi) is 6.88. The van der Waals surface area contributed by atoms with Crippen LogP contribution in [0.25, 0.3) is 5.76 Å². The maximum atomic E-state index is 13.0. The molecular formula is C25H22N2O2S. The molecule has 0 amide bonds. The highest BCUT2D eigenvalue weighted by Crippen LogP contribution is 2.19. The quantitative estimate of drug-likeness (QED) is 0.179. The molecule has 0 aromatic heterocycles. The summed E-state index contributed by atoms with van der Waals surface area (Å²) in [6.07, 6.45) is 1.32. The molecule has 0 aliphatic heterocycles. The van der Waals surface area contributed by atoms with E-state index in [2.05, 4.69) is 10.3 Å². The second kappa shape index (κ2) is 9.76. The highest BCUT2D eigenvalue weighted by atomic mass is 32.1. The van der Waals surface area contributed by atoms with Crippen molar-refractivity contribution in [2.24, 2.45) is 4.99 Å². The number of aliphatic hydroxyl groups excluding tert-OH is 1. The Morgan fingerprint density at radius 1 is 0.933 bits per heavy atom. The van der Waals surface area contributed by atoms with Crippen LogP contribution in [-0.4, -0.2) is 22.2 Å². The number of carbonyl (C=O) groups is 1. The fourth-order valence-corrected chi connectivity index (χ4v) is 3.11. The third-order valence-corrected chi connectivity index (χ3v) is 4.72. The SMILES string of the molecule is Cc1ccc(NC(=S)/N=C/C(C(=O)c2ccccc2)=C(/O)c2ccccc2)c(C)c1. The predicted molar refractivity (Wildman–Crippen MR) is 127 cm³/mol. The fraction of sp³-hybridized carbons (Fsp3) is 0.0800. The van der Waals surface area contributed by atoms with Crippen LogP contribution >= 0.6 is 12.2 Å². The van der Waals surface area contributed by atoms with Gasteiger partial charge in [-0.3, -0.25) is 4.79 Å². The molecule has 2 N–H and O–H groups in total. The summed E-state index contributed by atoms with van der Waals surface area (Å²) < 4.78 is 0. The zero-order valence-corrected chi connectivity index (χ0v) is 17.6. The van der Waals surface area contributed by atoms with Crippen molar-refractivity contribution in [1.82, 2.24) is 0 Å². The molecule has 5 heteroatoms. The third kappa shape index (κ3) is 5.27. The van der Waals surface area contributed by atoms with Gasteiger partial charge >= 0.3 is 0 Å². The summed E-state index contributed by atoms with van der Waals surface area (Å²) >= 11 is 5.33. The first-order valence-electron chi connectivity index (χ1n) is 9.46. The minimum atomic E-state index is -0.338. The molecule has 3 aromatic rings.